The summed E-state index contributed by atoms with van der Waals surface area (Å²) in [6.45, 7) is 6.35. The van der Waals surface area contributed by atoms with E-state index in [2.05, 4.69) is 6.92 Å². The van der Waals surface area contributed by atoms with Gasteiger partial charge in [0.25, 0.3) is 0 Å². The number of hydrogen-bond acceptors (Lipinski definition) is 2. The molecule has 1 N–H and O–H groups in total. The molecule has 1 atom stereocenters. The molecule has 1 unspecified atom stereocenters. The summed E-state index contributed by atoms with van der Waals surface area (Å²) in [7, 11) is 0. The third-order valence-corrected chi connectivity index (χ3v) is 4.10. The lowest BCUT2D eigenvalue weighted by molar-refractivity contribution is 0.0755. The third kappa shape index (κ3) is 3.97. The van der Waals surface area contributed by atoms with Gasteiger partial charge in [-0.25, -0.2) is 0 Å². The van der Waals surface area contributed by atoms with E-state index in [1.165, 1.54) is 12.8 Å². The number of ether oxygens (including phenoxy) is 1. The second-order valence-electron chi connectivity index (χ2n) is 6.20. The summed E-state index contributed by atoms with van der Waals surface area (Å²) in [5.41, 5.74) is 1.02. The van der Waals surface area contributed by atoms with Crippen molar-refractivity contribution in [2.75, 3.05) is 0 Å². The van der Waals surface area contributed by atoms with E-state index < -0.39 is 0 Å². The molecule has 0 amide bonds. The van der Waals surface area contributed by atoms with Gasteiger partial charge in [0.15, 0.2) is 0 Å². The summed E-state index contributed by atoms with van der Waals surface area (Å²) in [5.74, 6) is 2.13. The van der Waals surface area contributed by atoms with Gasteiger partial charge in [-0.2, -0.15) is 0 Å². The Hall–Kier alpha value is -1.02. The molecule has 19 heavy (non-hydrogen) atoms. The molecule has 0 radical (unpaired) electrons. The highest BCUT2D eigenvalue weighted by Crippen LogP contribution is 2.36. The fourth-order valence-electron chi connectivity index (χ4n) is 2.89. The summed E-state index contributed by atoms with van der Waals surface area (Å²) in [5, 5.41) is 10.5. The highest BCUT2D eigenvalue weighted by atomic mass is 16.5. The molecule has 0 spiro atoms. The summed E-state index contributed by atoms with van der Waals surface area (Å²) in [4.78, 5) is 0. The van der Waals surface area contributed by atoms with Crippen molar-refractivity contribution < 1.29 is 9.84 Å². The molecule has 1 aromatic rings. The SMILES string of the molecule is CC1CCC(C(O)c2ccc(OC(C)C)cc2)CC1. The summed E-state index contributed by atoms with van der Waals surface area (Å²) in [6, 6.07) is 7.93. The maximum atomic E-state index is 10.5. The fraction of sp³-hybridized carbons (Fsp3) is 0.647. The van der Waals surface area contributed by atoms with E-state index in [4.69, 9.17) is 4.74 Å². The van der Waals surface area contributed by atoms with Crippen LogP contribution in [-0.2, 0) is 0 Å². The van der Waals surface area contributed by atoms with Crippen LogP contribution in [-0.4, -0.2) is 11.2 Å². The first-order chi connectivity index (χ1) is 9.06. The van der Waals surface area contributed by atoms with E-state index in [0.717, 1.165) is 30.1 Å². The molecule has 2 rings (SSSR count). The summed E-state index contributed by atoms with van der Waals surface area (Å²) < 4.78 is 5.63. The van der Waals surface area contributed by atoms with Gasteiger partial charge < -0.3 is 9.84 Å². The van der Waals surface area contributed by atoms with E-state index in [1.807, 2.05) is 38.1 Å². The van der Waals surface area contributed by atoms with Crippen molar-refractivity contribution in [3.8, 4) is 5.75 Å². The van der Waals surface area contributed by atoms with E-state index in [-0.39, 0.29) is 12.2 Å². The van der Waals surface area contributed by atoms with Crippen LogP contribution in [0.2, 0.25) is 0 Å². The lowest BCUT2D eigenvalue weighted by Crippen LogP contribution is -2.19. The monoisotopic (exact) mass is 262 g/mol. The highest BCUT2D eigenvalue weighted by molar-refractivity contribution is 5.29. The zero-order valence-electron chi connectivity index (χ0n) is 12.3. The Morgan fingerprint density at radius 1 is 1.05 bits per heavy atom. The van der Waals surface area contributed by atoms with Gasteiger partial charge >= 0.3 is 0 Å². The lowest BCUT2D eigenvalue weighted by Gasteiger charge is -2.30. The normalized spacial score (nSPS) is 25.3. The van der Waals surface area contributed by atoms with Crippen molar-refractivity contribution in [2.24, 2.45) is 11.8 Å². The van der Waals surface area contributed by atoms with Crippen LogP contribution >= 0.6 is 0 Å². The standard InChI is InChI=1S/C17H26O2/c1-12(2)19-16-10-8-15(9-11-16)17(18)14-6-4-13(3)5-7-14/h8-14,17-18H,4-7H2,1-3H3. The Bertz CT molecular complexity index is 375. The van der Waals surface area contributed by atoms with Crippen LogP contribution in [0.4, 0.5) is 0 Å². The summed E-state index contributed by atoms with van der Waals surface area (Å²) in [6.07, 6.45) is 4.65. The zero-order chi connectivity index (χ0) is 13.8. The van der Waals surface area contributed by atoms with Crippen LogP contribution < -0.4 is 4.74 Å². The van der Waals surface area contributed by atoms with Gasteiger partial charge in [0.05, 0.1) is 12.2 Å². The second-order valence-corrected chi connectivity index (χ2v) is 6.20. The van der Waals surface area contributed by atoms with Gasteiger partial charge in [-0.3, -0.25) is 0 Å². The quantitative estimate of drug-likeness (QED) is 0.875. The van der Waals surface area contributed by atoms with Crippen LogP contribution in [0.3, 0.4) is 0 Å². The predicted molar refractivity (Wildman–Crippen MR) is 78.3 cm³/mol. The lowest BCUT2D eigenvalue weighted by atomic mass is 9.78. The Morgan fingerprint density at radius 3 is 2.16 bits per heavy atom. The molecule has 0 aromatic heterocycles. The Morgan fingerprint density at radius 2 is 1.63 bits per heavy atom. The van der Waals surface area contributed by atoms with Gasteiger partial charge in [0.2, 0.25) is 0 Å². The van der Waals surface area contributed by atoms with Crippen LogP contribution in [0.5, 0.6) is 5.75 Å². The van der Waals surface area contributed by atoms with E-state index in [1.54, 1.807) is 0 Å². The molecule has 0 bridgehead atoms. The van der Waals surface area contributed by atoms with Crippen molar-refractivity contribution in [3.05, 3.63) is 29.8 Å². The molecule has 1 aliphatic rings. The number of aliphatic hydroxyl groups is 1. The van der Waals surface area contributed by atoms with Crippen LogP contribution in [0.1, 0.15) is 58.1 Å². The molecule has 1 aliphatic carbocycles. The minimum atomic E-state index is -0.319. The molecule has 0 saturated heterocycles. The first-order valence-electron chi connectivity index (χ1n) is 7.51. The van der Waals surface area contributed by atoms with Crippen molar-refractivity contribution >= 4 is 0 Å². The minimum Gasteiger partial charge on any atom is -0.491 e. The highest BCUT2D eigenvalue weighted by Gasteiger charge is 2.25. The predicted octanol–water partition coefficient (Wildman–Crippen LogP) is 4.33. The van der Waals surface area contributed by atoms with Gasteiger partial charge in [-0.1, -0.05) is 31.9 Å². The second kappa shape index (κ2) is 6.42. The molecule has 106 valence electrons. The van der Waals surface area contributed by atoms with Crippen molar-refractivity contribution in [2.45, 2.75) is 58.7 Å². The smallest absolute Gasteiger partial charge is 0.119 e. The molecule has 1 fully saturated rings. The molecule has 0 heterocycles. The first kappa shape index (κ1) is 14.4. The molecule has 1 aromatic carbocycles. The number of benzene rings is 1. The third-order valence-electron chi connectivity index (χ3n) is 4.10. The van der Waals surface area contributed by atoms with Gasteiger partial charge in [0.1, 0.15) is 5.75 Å². The molecule has 1 saturated carbocycles. The number of aliphatic hydroxyl groups excluding tert-OH is 1. The maximum Gasteiger partial charge on any atom is 0.119 e. The van der Waals surface area contributed by atoms with Gasteiger partial charge in [-0.05, 0) is 56.2 Å². The molecule has 2 heteroatoms. The molecule has 0 aliphatic heterocycles. The van der Waals surface area contributed by atoms with E-state index in [0.29, 0.717) is 5.92 Å². The maximum absolute atomic E-state index is 10.5. The van der Waals surface area contributed by atoms with Crippen LogP contribution in [0.15, 0.2) is 24.3 Å². The van der Waals surface area contributed by atoms with Gasteiger partial charge in [0, 0.05) is 0 Å². The molecular weight excluding hydrogens is 236 g/mol. The first-order valence-corrected chi connectivity index (χ1v) is 7.51. The topological polar surface area (TPSA) is 29.5 Å². The Labute approximate surface area is 116 Å². The van der Waals surface area contributed by atoms with Gasteiger partial charge in [-0.15, -0.1) is 0 Å². The number of rotatable bonds is 4. The fourth-order valence-corrected chi connectivity index (χ4v) is 2.89. The summed E-state index contributed by atoms with van der Waals surface area (Å²) >= 11 is 0. The zero-order valence-corrected chi connectivity index (χ0v) is 12.3. The average Bonchev–Trinajstić information content (AvgIpc) is 2.39. The largest absolute Gasteiger partial charge is 0.491 e. The van der Waals surface area contributed by atoms with Crippen molar-refractivity contribution in [3.63, 3.8) is 0 Å². The van der Waals surface area contributed by atoms with Crippen LogP contribution in [0, 0.1) is 11.8 Å². The van der Waals surface area contributed by atoms with E-state index >= 15 is 0 Å². The molecular formula is C17H26O2. The number of hydrogen-bond donors (Lipinski definition) is 1. The average molecular weight is 262 g/mol. The Kier molecular flexibility index (Phi) is 4.87. The van der Waals surface area contributed by atoms with E-state index in [9.17, 15) is 5.11 Å². The van der Waals surface area contributed by atoms with Crippen LogP contribution in [0.25, 0.3) is 0 Å². The minimum absolute atomic E-state index is 0.190. The van der Waals surface area contributed by atoms with Crippen molar-refractivity contribution in [1.82, 2.24) is 0 Å². The van der Waals surface area contributed by atoms with Crippen molar-refractivity contribution in [1.29, 1.82) is 0 Å². The molecule has 2 nitrogen and oxygen atoms in total. The Balaban J connectivity index is 1.97.